The normalized spacial score (nSPS) is 15.9. The lowest BCUT2D eigenvalue weighted by molar-refractivity contribution is -0.163. The summed E-state index contributed by atoms with van der Waals surface area (Å²) < 4.78 is 50.2. The van der Waals surface area contributed by atoms with Gasteiger partial charge in [-0.25, -0.2) is 8.78 Å². The number of anilines is 1. The van der Waals surface area contributed by atoms with Gasteiger partial charge in [0.2, 0.25) is 5.91 Å². The number of alkyl halides is 4. The zero-order valence-electron chi connectivity index (χ0n) is 12.2. The Labute approximate surface area is 130 Å². The fraction of sp³-hybridized carbons (Fsp3) is 0.467. The van der Waals surface area contributed by atoms with Crippen LogP contribution in [0.3, 0.4) is 0 Å². The van der Waals surface area contributed by atoms with Crippen molar-refractivity contribution in [1.82, 2.24) is 4.90 Å². The van der Waals surface area contributed by atoms with E-state index in [9.17, 15) is 27.2 Å². The molecule has 8 heteroatoms. The van der Waals surface area contributed by atoms with Crippen LogP contribution >= 0.6 is 0 Å². The minimum atomic E-state index is -4.75. The number of rotatable bonds is 5. The van der Waals surface area contributed by atoms with Crippen LogP contribution in [0.25, 0.3) is 0 Å². The van der Waals surface area contributed by atoms with E-state index in [1.807, 2.05) is 0 Å². The van der Waals surface area contributed by atoms with Crippen molar-refractivity contribution < 1.29 is 27.2 Å². The lowest BCUT2D eigenvalue weighted by Crippen LogP contribution is -2.41. The fourth-order valence-electron chi connectivity index (χ4n) is 2.31. The summed E-state index contributed by atoms with van der Waals surface area (Å²) in [7, 11) is 0. The summed E-state index contributed by atoms with van der Waals surface area (Å²) in [4.78, 5) is 24.6. The van der Waals surface area contributed by atoms with Crippen molar-refractivity contribution in [3.8, 4) is 0 Å². The zero-order chi connectivity index (χ0) is 17.0. The number of benzene rings is 1. The van der Waals surface area contributed by atoms with E-state index in [2.05, 4.69) is 0 Å². The second-order valence-corrected chi connectivity index (χ2v) is 5.35. The molecule has 0 atom stereocenters. The summed E-state index contributed by atoms with van der Waals surface area (Å²) in [5.74, 6) is -6.80. The first-order chi connectivity index (χ1) is 10.8. The topological polar surface area (TPSA) is 49.4 Å². The Bertz CT molecular complexity index is 593. The Balaban J connectivity index is 2.05. The largest absolute Gasteiger partial charge is 0.383 e. The average molecular weight is 332 g/mol. The lowest BCUT2D eigenvalue weighted by Gasteiger charge is -2.27. The Kier molecular flexibility index (Phi) is 5.23. The predicted molar refractivity (Wildman–Crippen MR) is 75.3 cm³/mol. The quantitative estimate of drug-likeness (QED) is 0.843. The van der Waals surface area contributed by atoms with Gasteiger partial charge in [-0.2, -0.15) is 8.78 Å². The molecule has 4 nitrogen and oxygen atoms in total. The molecule has 1 aliphatic rings. The van der Waals surface area contributed by atoms with Crippen molar-refractivity contribution in [3.05, 3.63) is 29.8 Å². The van der Waals surface area contributed by atoms with Crippen LogP contribution in [0, 0.1) is 0 Å². The van der Waals surface area contributed by atoms with E-state index >= 15 is 0 Å². The van der Waals surface area contributed by atoms with Crippen molar-refractivity contribution in [3.63, 3.8) is 0 Å². The molecule has 1 heterocycles. The Morgan fingerprint density at radius 1 is 1.30 bits per heavy atom. The van der Waals surface area contributed by atoms with Gasteiger partial charge in [-0.15, -0.1) is 0 Å². The molecule has 1 aliphatic heterocycles. The third kappa shape index (κ3) is 4.20. The Morgan fingerprint density at radius 2 is 2.04 bits per heavy atom. The number of carbonyl (C=O) groups is 2. The van der Waals surface area contributed by atoms with Gasteiger partial charge in [0.05, 0.1) is 0 Å². The number of nitrogens with zero attached hydrogens (tertiary/aromatic N) is 1. The molecular weight excluding hydrogens is 316 g/mol. The van der Waals surface area contributed by atoms with Crippen molar-refractivity contribution >= 4 is 17.5 Å². The van der Waals surface area contributed by atoms with E-state index < -0.39 is 18.3 Å². The first kappa shape index (κ1) is 17.2. The molecule has 1 aromatic carbocycles. The van der Waals surface area contributed by atoms with E-state index in [0.717, 1.165) is 12.8 Å². The first-order valence-electron chi connectivity index (χ1n) is 7.15. The molecule has 0 spiro atoms. The number of likely N-dealkylation sites (tertiary alicyclic amines) is 1. The number of piperidine rings is 1. The molecule has 23 heavy (non-hydrogen) atoms. The van der Waals surface area contributed by atoms with Crippen LogP contribution < -0.4 is 5.32 Å². The van der Waals surface area contributed by atoms with E-state index in [1.54, 1.807) is 16.3 Å². The van der Waals surface area contributed by atoms with Crippen LogP contribution in [-0.4, -0.2) is 35.6 Å². The van der Waals surface area contributed by atoms with E-state index in [1.165, 1.54) is 18.2 Å². The van der Waals surface area contributed by atoms with Crippen molar-refractivity contribution in [2.45, 2.75) is 38.2 Å². The number of hydrogen-bond acceptors (Lipinski definition) is 2. The van der Waals surface area contributed by atoms with Gasteiger partial charge in [-0.3, -0.25) is 9.59 Å². The first-order valence-corrected chi connectivity index (χ1v) is 7.15. The summed E-state index contributed by atoms with van der Waals surface area (Å²) in [5.41, 5.74) is 0.607. The van der Waals surface area contributed by atoms with Gasteiger partial charge < -0.3 is 10.2 Å². The number of nitrogens with one attached hydrogen (secondary N) is 1. The molecule has 2 amide bonds. The standard InChI is InChI=1S/C15H16F4N2O2/c16-13(17)15(18,19)14(23)20-11-5-3-4-10(8-11)9-21-7-2-1-6-12(21)22/h3-5,8,13H,1-2,6-7,9H2,(H,20,23). The summed E-state index contributed by atoms with van der Waals surface area (Å²) >= 11 is 0. The minimum absolute atomic E-state index is 0.00919. The van der Waals surface area contributed by atoms with Crippen LogP contribution in [0.1, 0.15) is 24.8 Å². The molecule has 0 saturated carbocycles. The summed E-state index contributed by atoms with van der Waals surface area (Å²) in [5, 5.41) is 1.78. The van der Waals surface area contributed by atoms with Gasteiger partial charge in [0.15, 0.2) is 0 Å². The molecule has 0 bridgehead atoms. The molecule has 1 aromatic rings. The average Bonchev–Trinajstić information content (AvgIpc) is 2.49. The highest BCUT2D eigenvalue weighted by Crippen LogP contribution is 2.25. The third-order valence-corrected chi connectivity index (χ3v) is 3.56. The van der Waals surface area contributed by atoms with Gasteiger partial charge >= 0.3 is 18.3 Å². The second kappa shape index (κ2) is 6.97. The number of hydrogen-bond donors (Lipinski definition) is 1. The van der Waals surface area contributed by atoms with Gasteiger partial charge in [0, 0.05) is 25.2 Å². The summed E-state index contributed by atoms with van der Waals surface area (Å²) in [6, 6.07) is 5.88. The summed E-state index contributed by atoms with van der Waals surface area (Å²) in [6.45, 7) is 0.895. The van der Waals surface area contributed by atoms with Crippen LogP contribution in [0.15, 0.2) is 24.3 Å². The third-order valence-electron chi connectivity index (χ3n) is 3.56. The van der Waals surface area contributed by atoms with Gasteiger partial charge in [0.1, 0.15) is 0 Å². The lowest BCUT2D eigenvalue weighted by atomic mass is 10.1. The molecule has 0 unspecified atom stereocenters. The predicted octanol–water partition coefficient (Wildman–Crippen LogP) is 3.04. The molecule has 0 radical (unpaired) electrons. The maximum absolute atomic E-state index is 12.9. The van der Waals surface area contributed by atoms with E-state index in [0.29, 0.717) is 18.5 Å². The second-order valence-electron chi connectivity index (χ2n) is 5.35. The van der Waals surface area contributed by atoms with Crippen LogP contribution in [0.2, 0.25) is 0 Å². The molecule has 1 N–H and O–H groups in total. The molecule has 0 aromatic heterocycles. The molecule has 1 saturated heterocycles. The van der Waals surface area contributed by atoms with Crippen LogP contribution in [0.5, 0.6) is 0 Å². The van der Waals surface area contributed by atoms with Crippen molar-refractivity contribution in [2.24, 2.45) is 0 Å². The molecule has 126 valence electrons. The zero-order valence-corrected chi connectivity index (χ0v) is 12.2. The highest BCUT2D eigenvalue weighted by Gasteiger charge is 2.48. The molecule has 2 rings (SSSR count). The van der Waals surface area contributed by atoms with Crippen LogP contribution in [-0.2, 0) is 16.1 Å². The van der Waals surface area contributed by atoms with E-state index in [4.69, 9.17) is 0 Å². The Morgan fingerprint density at radius 3 is 2.70 bits per heavy atom. The summed E-state index contributed by atoms with van der Waals surface area (Å²) in [6.07, 6.45) is -1.87. The molecule has 1 fully saturated rings. The smallest absolute Gasteiger partial charge is 0.338 e. The van der Waals surface area contributed by atoms with Gasteiger partial charge in [-0.05, 0) is 30.5 Å². The monoisotopic (exact) mass is 332 g/mol. The minimum Gasteiger partial charge on any atom is -0.338 e. The fourth-order valence-corrected chi connectivity index (χ4v) is 2.31. The molecule has 0 aliphatic carbocycles. The van der Waals surface area contributed by atoms with Crippen molar-refractivity contribution in [2.75, 3.05) is 11.9 Å². The number of amides is 2. The Hall–Kier alpha value is -2.12. The van der Waals surface area contributed by atoms with Crippen LogP contribution in [0.4, 0.5) is 23.2 Å². The highest BCUT2D eigenvalue weighted by atomic mass is 19.3. The van der Waals surface area contributed by atoms with E-state index in [-0.39, 0.29) is 18.1 Å². The number of halogens is 4. The number of carbonyl (C=O) groups excluding carboxylic acids is 2. The van der Waals surface area contributed by atoms with Crippen molar-refractivity contribution in [1.29, 1.82) is 0 Å². The molecular formula is C15H16F4N2O2. The maximum Gasteiger partial charge on any atom is 0.383 e. The SMILES string of the molecule is O=C1CCCCN1Cc1cccc(NC(=O)C(F)(F)C(F)F)c1. The maximum atomic E-state index is 12.9. The highest BCUT2D eigenvalue weighted by molar-refractivity contribution is 5.96. The van der Waals surface area contributed by atoms with Gasteiger partial charge in [-0.1, -0.05) is 12.1 Å². The van der Waals surface area contributed by atoms with Gasteiger partial charge in [0.25, 0.3) is 0 Å².